The molecule has 1 aliphatic heterocycles. The molecule has 0 aliphatic carbocycles. The van der Waals surface area contributed by atoms with Gasteiger partial charge in [0, 0.05) is 36.7 Å². The first-order valence-electron chi connectivity index (χ1n) is 12.2. The number of aryl methyl sites for hydroxylation is 1. The fraction of sp³-hybridized carbons (Fsp3) is 0.481. The second-order valence-electron chi connectivity index (χ2n) is 9.03. The van der Waals surface area contributed by atoms with Crippen LogP contribution in [0.25, 0.3) is 10.9 Å². The summed E-state index contributed by atoms with van der Waals surface area (Å²) >= 11 is 1.48. The number of aromatic nitrogens is 2. The van der Waals surface area contributed by atoms with Crippen LogP contribution in [0.5, 0.6) is 5.75 Å². The molecule has 3 aromatic rings. The molecule has 0 amide bonds. The van der Waals surface area contributed by atoms with E-state index in [1.807, 2.05) is 18.3 Å². The van der Waals surface area contributed by atoms with Crippen LogP contribution in [0.1, 0.15) is 31.2 Å². The first kappa shape index (κ1) is 24.9. The number of hydrogen-bond donors (Lipinski definition) is 1. The standard InChI is InChI=1S/C27H34FN3O2S/c1-33-23-8-9-26-24(17-23)21(10-13-29-26)6-2-5-20-11-15-31(18-22(20)19-32)14-4-16-34-27-25(28)7-3-12-30-27/h3,7-10,12-13,17,20,22,32H,2,4-6,11,14-16,18-19H2,1H3/t20-,22-/m1/s1. The van der Waals surface area contributed by atoms with Crippen LogP contribution in [0, 0.1) is 17.7 Å². The summed E-state index contributed by atoms with van der Waals surface area (Å²) in [7, 11) is 1.69. The van der Waals surface area contributed by atoms with Gasteiger partial charge in [-0.3, -0.25) is 4.98 Å². The number of halogens is 1. The molecule has 0 bridgehead atoms. The maximum Gasteiger partial charge on any atom is 0.155 e. The molecule has 2 atom stereocenters. The quantitative estimate of drug-likeness (QED) is 0.298. The van der Waals surface area contributed by atoms with Gasteiger partial charge in [-0.05, 0) is 99.0 Å². The molecule has 1 aliphatic rings. The number of hydrogen-bond acceptors (Lipinski definition) is 6. The topological polar surface area (TPSA) is 58.5 Å². The Morgan fingerprint density at radius 2 is 2.06 bits per heavy atom. The Hall–Kier alpha value is -2.22. The minimum atomic E-state index is -0.243. The number of benzene rings is 1. The van der Waals surface area contributed by atoms with Crippen LogP contribution in [-0.2, 0) is 6.42 Å². The molecule has 1 aromatic carbocycles. The zero-order chi connectivity index (χ0) is 23.8. The van der Waals surface area contributed by atoms with Crippen molar-refractivity contribution >= 4 is 22.7 Å². The summed E-state index contributed by atoms with van der Waals surface area (Å²) in [4.78, 5) is 11.0. The average molecular weight is 484 g/mol. The van der Waals surface area contributed by atoms with E-state index in [4.69, 9.17) is 4.74 Å². The lowest BCUT2D eigenvalue weighted by Gasteiger charge is -2.38. The third-order valence-electron chi connectivity index (χ3n) is 6.85. The van der Waals surface area contributed by atoms with Crippen molar-refractivity contribution < 1.29 is 14.2 Å². The number of piperidine rings is 1. The van der Waals surface area contributed by atoms with Gasteiger partial charge in [0.1, 0.15) is 10.8 Å². The number of ether oxygens (including phenoxy) is 1. The van der Waals surface area contributed by atoms with Gasteiger partial charge in [-0.15, -0.1) is 11.8 Å². The second-order valence-corrected chi connectivity index (χ2v) is 10.1. The van der Waals surface area contributed by atoms with Gasteiger partial charge in [0.05, 0.1) is 12.6 Å². The average Bonchev–Trinajstić information content (AvgIpc) is 2.88. The van der Waals surface area contributed by atoms with E-state index in [2.05, 4.69) is 27.0 Å². The molecule has 0 radical (unpaired) electrons. The smallest absolute Gasteiger partial charge is 0.155 e. The van der Waals surface area contributed by atoms with E-state index in [1.54, 1.807) is 19.4 Å². The number of fused-ring (bicyclic) bond motifs is 1. The van der Waals surface area contributed by atoms with E-state index in [-0.39, 0.29) is 12.4 Å². The van der Waals surface area contributed by atoms with E-state index < -0.39 is 0 Å². The van der Waals surface area contributed by atoms with Crippen molar-refractivity contribution in [3.8, 4) is 5.75 Å². The van der Waals surface area contributed by atoms with Crippen LogP contribution in [0.4, 0.5) is 4.39 Å². The van der Waals surface area contributed by atoms with E-state index in [0.717, 1.165) is 68.8 Å². The van der Waals surface area contributed by atoms with Crippen molar-refractivity contribution in [2.24, 2.45) is 11.8 Å². The SMILES string of the molecule is COc1ccc2nccc(CCC[C@@H]3CCN(CCCSc4ncccc4F)C[C@@H]3CO)c2c1. The number of likely N-dealkylation sites (tertiary alicyclic amines) is 1. The van der Waals surface area contributed by atoms with Crippen LogP contribution in [0.3, 0.4) is 0 Å². The zero-order valence-corrected chi connectivity index (χ0v) is 20.6. The molecular weight excluding hydrogens is 449 g/mol. The van der Waals surface area contributed by atoms with Gasteiger partial charge in [-0.2, -0.15) is 0 Å². The Kier molecular flexibility index (Phi) is 9.13. The minimum absolute atomic E-state index is 0.241. The third kappa shape index (κ3) is 6.46. The molecule has 0 spiro atoms. The lowest BCUT2D eigenvalue weighted by atomic mass is 9.82. The van der Waals surface area contributed by atoms with Gasteiger partial charge in [0.25, 0.3) is 0 Å². The van der Waals surface area contributed by atoms with Crippen molar-refractivity contribution in [3.63, 3.8) is 0 Å². The Labute approximate surface area is 205 Å². The molecule has 1 fully saturated rings. The summed E-state index contributed by atoms with van der Waals surface area (Å²) < 4.78 is 19.1. The zero-order valence-electron chi connectivity index (χ0n) is 19.8. The molecular formula is C27H34FN3O2S. The maximum absolute atomic E-state index is 13.7. The Bertz CT molecular complexity index is 1070. The Morgan fingerprint density at radius 3 is 2.88 bits per heavy atom. The van der Waals surface area contributed by atoms with Crippen LogP contribution in [0.15, 0.2) is 53.8 Å². The summed E-state index contributed by atoms with van der Waals surface area (Å²) in [6.07, 6.45) is 8.87. The van der Waals surface area contributed by atoms with Crippen LogP contribution >= 0.6 is 11.8 Å². The molecule has 1 saturated heterocycles. The van der Waals surface area contributed by atoms with E-state index >= 15 is 0 Å². The summed E-state index contributed by atoms with van der Waals surface area (Å²) in [5.74, 6) is 2.35. The highest BCUT2D eigenvalue weighted by molar-refractivity contribution is 7.99. The van der Waals surface area contributed by atoms with E-state index in [0.29, 0.717) is 16.9 Å². The number of aliphatic hydroxyl groups excluding tert-OH is 1. The largest absolute Gasteiger partial charge is 0.497 e. The highest BCUT2D eigenvalue weighted by Gasteiger charge is 2.28. The number of nitrogens with zero attached hydrogens (tertiary/aromatic N) is 3. The third-order valence-corrected chi connectivity index (χ3v) is 7.92. The number of methoxy groups -OCH3 is 1. The van der Waals surface area contributed by atoms with Crippen molar-refractivity contribution in [2.75, 3.05) is 39.1 Å². The maximum atomic E-state index is 13.7. The highest BCUT2D eigenvalue weighted by Crippen LogP contribution is 2.30. The first-order valence-corrected chi connectivity index (χ1v) is 13.1. The number of rotatable bonds is 11. The Balaban J connectivity index is 1.22. The molecule has 4 rings (SSSR count). The van der Waals surface area contributed by atoms with Crippen LogP contribution in [-0.4, -0.2) is 59.1 Å². The predicted molar refractivity (Wildman–Crippen MR) is 136 cm³/mol. The number of aliphatic hydroxyl groups is 1. The molecule has 34 heavy (non-hydrogen) atoms. The number of thioether (sulfide) groups is 1. The van der Waals surface area contributed by atoms with Crippen LogP contribution in [0.2, 0.25) is 0 Å². The van der Waals surface area contributed by atoms with Gasteiger partial charge in [-0.1, -0.05) is 0 Å². The van der Waals surface area contributed by atoms with Gasteiger partial charge >= 0.3 is 0 Å². The molecule has 3 heterocycles. The highest BCUT2D eigenvalue weighted by atomic mass is 32.2. The fourth-order valence-corrected chi connectivity index (χ4v) is 5.77. The number of pyridine rings is 2. The van der Waals surface area contributed by atoms with Gasteiger partial charge in [0.15, 0.2) is 5.82 Å². The molecule has 182 valence electrons. The van der Waals surface area contributed by atoms with Crippen molar-refractivity contribution in [2.45, 2.75) is 37.1 Å². The van der Waals surface area contributed by atoms with Crippen LogP contribution < -0.4 is 4.74 Å². The summed E-state index contributed by atoms with van der Waals surface area (Å²) in [5.41, 5.74) is 2.31. The molecule has 0 unspecified atom stereocenters. The lowest BCUT2D eigenvalue weighted by Crippen LogP contribution is -2.42. The second kappa shape index (κ2) is 12.5. The first-order chi connectivity index (χ1) is 16.7. The summed E-state index contributed by atoms with van der Waals surface area (Å²) in [6.45, 7) is 3.23. The molecule has 0 saturated carbocycles. The molecule has 7 heteroatoms. The predicted octanol–water partition coefficient (Wildman–Crippen LogP) is 5.21. The van der Waals surface area contributed by atoms with Crippen molar-refractivity contribution in [1.82, 2.24) is 14.9 Å². The summed E-state index contributed by atoms with van der Waals surface area (Å²) in [5, 5.41) is 11.7. The minimum Gasteiger partial charge on any atom is -0.497 e. The van der Waals surface area contributed by atoms with Gasteiger partial charge in [-0.25, -0.2) is 9.37 Å². The molecule has 1 N–H and O–H groups in total. The van der Waals surface area contributed by atoms with Crippen molar-refractivity contribution in [3.05, 3.63) is 60.2 Å². The molecule has 2 aromatic heterocycles. The molecule has 5 nitrogen and oxygen atoms in total. The van der Waals surface area contributed by atoms with E-state index in [9.17, 15) is 9.50 Å². The Morgan fingerprint density at radius 1 is 1.15 bits per heavy atom. The normalized spacial score (nSPS) is 18.9. The lowest BCUT2D eigenvalue weighted by molar-refractivity contribution is 0.0677. The fourth-order valence-electron chi connectivity index (χ4n) is 4.96. The monoisotopic (exact) mass is 483 g/mol. The van der Waals surface area contributed by atoms with Gasteiger partial charge < -0.3 is 14.7 Å². The summed E-state index contributed by atoms with van der Waals surface area (Å²) in [6, 6.07) is 11.2. The van der Waals surface area contributed by atoms with E-state index in [1.165, 1.54) is 28.8 Å². The van der Waals surface area contributed by atoms with Gasteiger partial charge in [0.2, 0.25) is 0 Å². The van der Waals surface area contributed by atoms with Crippen molar-refractivity contribution in [1.29, 1.82) is 0 Å².